The van der Waals surface area contributed by atoms with E-state index in [1.54, 1.807) is 4.90 Å². The third-order valence-electron chi connectivity index (χ3n) is 4.25. The molecule has 1 atom stereocenters. The maximum absolute atomic E-state index is 12.4. The van der Waals surface area contributed by atoms with Gasteiger partial charge >= 0.3 is 0 Å². The summed E-state index contributed by atoms with van der Waals surface area (Å²) in [6.07, 6.45) is 6.27. The molecule has 0 unspecified atom stereocenters. The molecule has 1 saturated heterocycles. The first-order chi connectivity index (χ1) is 9.75. The van der Waals surface area contributed by atoms with Gasteiger partial charge in [0.2, 0.25) is 5.91 Å². The van der Waals surface area contributed by atoms with Crippen molar-refractivity contribution in [3.05, 3.63) is 22.4 Å². The predicted molar refractivity (Wildman–Crippen MR) is 78.8 cm³/mol. The average molecular weight is 292 g/mol. The third kappa shape index (κ3) is 2.73. The fraction of sp³-hybridized carbons (Fsp3) is 0.600. The molecule has 1 aromatic heterocycles. The second kappa shape index (κ2) is 5.95. The minimum absolute atomic E-state index is 0.00377. The highest BCUT2D eigenvalue weighted by Crippen LogP contribution is 2.24. The number of hydrogen-bond acceptors (Lipinski definition) is 3. The van der Waals surface area contributed by atoms with Crippen LogP contribution in [0.25, 0.3) is 0 Å². The van der Waals surface area contributed by atoms with Gasteiger partial charge in [0.05, 0.1) is 4.88 Å². The lowest BCUT2D eigenvalue weighted by Gasteiger charge is -2.25. The summed E-state index contributed by atoms with van der Waals surface area (Å²) in [6.45, 7) is 0.694. The van der Waals surface area contributed by atoms with Gasteiger partial charge in [0.25, 0.3) is 5.91 Å². The van der Waals surface area contributed by atoms with E-state index in [1.165, 1.54) is 24.2 Å². The molecule has 0 bridgehead atoms. The third-order valence-corrected chi connectivity index (χ3v) is 5.11. The number of rotatable bonds is 3. The van der Waals surface area contributed by atoms with E-state index in [2.05, 4.69) is 5.32 Å². The average Bonchev–Trinajstić information content (AvgIpc) is 3.19. The number of hydrogen-bond donors (Lipinski definition) is 1. The van der Waals surface area contributed by atoms with E-state index >= 15 is 0 Å². The molecular weight excluding hydrogens is 272 g/mol. The first-order valence-corrected chi connectivity index (χ1v) is 8.28. The fourth-order valence-corrected chi connectivity index (χ4v) is 3.87. The first-order valence-electron chi connectivity index (χ1n) is 7.40. The Morgan fingerprint density at radius 3 is 2.70 bits per heavy atom. The van der Waals surface area contributed by atoms with Crippen LogP contribution in [-0.4, -0.2) is 35.3 Å². The summed E-state index contributed by atoms with van der Waals surface area (Å²) < 4.78 is 0. The Bertz CT molecular complexity index is 480. The fourth-order valence-electron chi connectivity index (χ4n) is 3.19. The van der Waals surface area contributed by atoms with Crippen molar-refractivity contribution >= 4 is 23.2 Å². The number of carbonyl (C=O) groups is 2. The van der Waals surface area contributed by atoms with E-state index in [9.17, 15) is 9.59 Å². The zero-order valence-electron chi connectivity index (χ0n) is 11.5. The topological polar surface area (TPSA) is 49.4 Å². The van der Waals surface area contributed by atoms with Gasteiger partial charge in [-0.1, -0.05) is 18.9 Å². The molecule has 5 heteroatoms. The number of amides is 2. The number of carbonyl (C=O) groups excluding carboxylic acids is 2. The Morgan fingerprint density at radius 2 is 2.00 bits per heavy atom. The van der Waals surface area contributed by atoms with Gasteiger partial charge in [0.1, 0.15) is 6.04 Å². The molecule has 4 nitrogen and oxygen atoms in total. The molecule has 2 heterocycles. The summed E-state index contributed by atoms with van der Waals surface area (Å²) in [5, 5.41) is 5.02. The Kier molecular flexibility index (Phi) is 4.05. The molecule has 0 radical (unpaired) electrons. The number of likely N-dealkylation sites (tertiary alicyclic amines) is 1. The summed E-state index contributed by atoms with van der Waals surface area (Å²) in [6, 6.07) is 3.76. The van der Waals surface area contributed by atoms with Crippen LogP contribution in [-0.2, 0) is 4.79 Å². The lowest BCUT2D eigenvalue weighted by atomic mass is 10.1. The van der Waals surface area contributed by atoms with Crippen LogP contribution in [0, 0.1) is 0 Å². The van der Waals surface area contributed by atoms with Crippen LogP contribution in [0.1, 0.15) is 48.2 Å². The molecule has 1 N–H and O–H groups in total. The lowest BCUT2D eigenvalue weighted by Crippen LogP contribution is -2.48. The van der Waals surface area contributed by atoms with Gasteiger partial charge in [-0.2, -0.15) is 0 Å². The maximum atomic E-state index is 12.4. The van der Waals surface area contributed by atoms with E-state index in [1.807, 2.05) is 17.5 Å². The van der Waals surface area contributed by atoms with Crippen molar-refractivity contribution in [2.75, 3.05) is 6.54 Å². The van der Waals surface area contributed by atoms with E-state index in [4.69, 9.17) is 0 Å². The van der Waals surface area contributed by atoms with Crippen LogP contribution in [0.15, 0.2) is 17.5 Å². The van der Waals surface area contributed by atoms with Crippen LogP contribution >= 0.6 is 11.3 Å². The first kappa shape index (κ1) is 13.6. The van der Waals surface area contributed by atoms with E-state index < -0.39 is 0 Å². The maximum Gasteiger partial charge on any atom is 0.264 e. The normalized spacial score (nSPS) is 23.2. The molecule has 2 amide bonds. The molecule has 1 saturated carbocycles. The van der Waals surface area contributed by atoms with Crippen molar-refractivity contribution in [3.63, 3.8) is 0 Å². The summed E-state index contributed by atoms with van der Waals surface area (Å²) in [5.74, 6) is 0.0448. The number of thiophene rings is 1. The van der Waals surface area contributed by atoms with Gasteiger partial charge in [0.15, 0.2) is 0 Å². The second-order valence-electron chi connectivity index (χ2n) is 5.62. The molecule has 0 aromatic carbocycles. The van der Waals surface area contributed by atoms with Crippen LogP contribution in [0.4, 0.5) is 0 Å². The van der Waals surface area contributed by atoms with E-state index in [-0.39, 0.29) is 17.9 Å². The molecule has 1 aromatic rings. The summed E-state index contributed by atoms with van der Waals surface area (Å²) in [5.41, 5.74) is 0. The SMILES string of the molecule is O=C(NC1CCCC1)[C@H]1CCCN1C(=O)c1cccs1. The molecular formula is C15H20N2O2S. The van der Waals surface area contributed by atoms with Gasteiger partial charge in [-0.3, -0.25) is 9.59 Å². The molecule has 20 heavy (non-hydrogen) atoms. The minimum Gasteiger partial charge on any atom is -0.352 e. The quantitative estimate of drug-likeness (QED) is 0.930. The molecule has 0 spiro atoms. The zero-order valence-corrected chi connectivity index (χ0v) is 12.3. The van der Waals surface area contributed by atoms with Crippen molar-refractivity contribution in [1.29, 1.82) is 0 Å². The Labute approximate surface area is 123 Å². The van der Waals surface area contributed by atoms with E-state index in [0.29, 0.717) is 12.6 Å². The number of nitrogens with one attached hydrogen (secondary N) is 1. The highest BCUT2D eigenvalue weighted by molar-refractivity contribution is 7.12. The van der Waals surface area contributed by atoms with Gasteiger partial charge in [-0.25, -0.2) is 0 Å². The molecule has 1 aliphatic heterocycles. The Balaban J connectivity index is 1.65. The van der Waals surface area contributed by atoms with Crippen LogP contribution < -0.4 is 5.32 Å². The second-order valence-corrected chi connectivity index (χ2v) is 6.57. The van der Waals surface area contributed by atoms with Crippen LogP contribution in [0.2, 0.25) is 0 Å². The van der Waals surface area contributed by atoms with Gasteiger partial charge in [-0.15, -0.1) is 11.3 Å². The Hall–Kier alpha value is -1.36. The zero-order chi connectivity index (χ0) is 13.9. The van der Waals surface area contributed by atoms with Crippen LogP contribution in [0.5, 0.6) is 0 Å². The van der Waals surface area contributed by atoms with Gasteiger partial charge in [-0.05, 0) is 37.1 Å². The molecule has 2 aliphatic rings. The highest BCUT2D eigenvalue weighted by atomic mass is 32.1. The van der Waals surface area contributed by atoms with Gasteiger partial charge in [0, 0.05) is 12.6 Å². The van der Waals surface area contributed by atoms with Crippen molar-refractivity contribution in [2.45, 2.75) is 50.6 Å². The minimum atomic E-state index is -0.273. The molecule has 2 fully saturated rings. The van der Waals surface area contributed by atoms with Crippen molar-refractivity contribution in [1.82, 2.24) is 10.2 Å². The predicted octanol–water partition coefficient (Wildman–Crippen LogP) is 2.41. The molecule has 1 aliphatic carbocycles. The smallest absolute Gasteiger partial charge is 0.264 e. The van der Waals surface area contributed by atoms with Crippen molar-refractivity contribution in [3.8, 4) is 0 Å². The van der Waals surface area contributed by atoms with Crippen molar-refractivity contribution < 1.29 is 9.59 Å². The standard InChI is InChI=1S/C15H20N2O2S/c18-14(16-11-5-1-2-6-11)12-7-3-9-17(12)15(19)13-8-4-10-20-13/h4,8,10-12H,1-3,5-7,9H2,(H,16,18)/t12-/m1/s1. The summed E-state index contributed by atoms with van der Waals surface area (Å²) in [7, 11) is 0. The molecule has 3 rings (SSSR count). The van der Waals surface area contributed by atoms with Crippen molar-refractivity contribution in [2.24, 2.45) is 0 Å². The monoisotopic (exact) mass is 292 g/mol. The summed E-state index contributed by atoms with van der Waals surface area (Å²) >= 11 is 1.44. The lowest BCUT2D eigenvalue weighted by molar-refractivity contribution is -0.125. The molecule has 108 valence electrons. The summed E-state index contributed by atoms with van der Waals surface area (Å²) in [4.78, 5) is 27.3. The van der Waals surface area contributed by atoms with Crippen LogP contribution in [0.3, 0.4) is 0 Å². The van der Waals surface area contributed by atoms with Gasteiger partial charge < -0.3 is 10.2 Å². The van der Waals surface area contributed by atoms with E-state index in [0.717, 1.165) is 30.6 Å². The number of nitrogens with zero attached hydrogens (tertiary/aromatic N) is 1. The Morgan fingerprint density at radius 1 is 1.20 bits per heavy atom. The largest absolute Gasteiger partial charge is 0.352 e. The highest BCUT2D eigenvalue weighted by Gasteiger charge is 2.35.